The number of nitrogens with one attached hydrogen (secondary N) is 13. The Labute approximate surface area is 685 Å². The number of carboxylic acid groups (broad SMARTS) is 5. The van der Waals surface area contributed by atoms with Gasteiger partial charge in [-0.3, -0.25) is 95.9 Å². The van der Waals surface area contributed by atoms with Gasteiger partial charge >= 0.3 is 29.8 Å². The third-order valence-electron chi connectivity index (χ3n) is 18.9. The number of benzene rings is 2. The van der Waals surface area contributed by atoms with Crippen LogP contribution in [0.15, 0.2) is 48.7 Å². The Bertz CT molecular complexity index is 4290. The second-order valence-electron chi connectivity index (χ2n) is 28.6. The number of carbonyl (C=O) groups excluding carboxylic acids is 15. The summed E-state index contributed by atoms with van der Waals surface area (Å²) in [5.41, 5.74) is 22.6. The number of amides is 13. The van der Waals surface area contributed by atoms with Crippen molar-refractivity contribution in [2.45, 2.75) is 222 Å². The fourth-order valence-corrected chi connectivity index (χ4v) is 12.5. The zero-order valence-corrected chi connectivity index (χ0v) is 65.6. The van der Waals surface area contributed by atoms with Gasteiger partial charge in [0, 0.05) is 47.0 Å². The molecule has 0 radical (unpaired) electrons. The van der Waals surface area contributed by atoms with Crippen LogP contribution in [0.3, 0.4) is 0 Å². The zero-order valence-electron chi connectivity index (χ0n) is 68.6. The molecule has 1 fully saturated rings. The van der Waals surface area contributed by atoms with Crippen molar-refractivity contribution in [2.24, 2.45) is 29.0 Å². The smallest absolute Gasteiger partial charge is 0.320 e. The molecule has 654 valence electrons. The van der Waals surface area contributed by atoms with Gasteiger partial charge in [0.15, 0.2) is 15.8 Å². The first-order valence-electron chi connectivity index (χ1n) is 39.5. The van der Waals surface area contributed by atoms with Crippen LogP contribution in [0.25, 0.3) is 10.9 Å². The standard InChI is InChI=1S/C75H107N17O27/c1-36(25-57(99)100)62(64(107)43-21-15-20-42(61(43)79)53(95)27-44(77)75(118)119)91-73(116)52(35-93)85-56(98)33-81-67(110)49(29-58(101)102)86-65(108)37(2)83-69(112)50(30-59(103)104)89-68(111)46(23-16-24-76)84-55(97)34-82-74(117)63(38(3)94)92-72(115)51(31-60(105)106)90-71(114)48(28-54(78)96)88-70(113)47(26-40-32-80-45-22-14-13-19-41(40)45)87-66(109)39-17-11-9-7-5-4-6-8-10-12-18-39/h13-15,19-22,32,36-39,44,46-52,62-63,80,93-94H,4-12,16-18,23-31,33-35,76-77,79H2,1-3H3,(H2,78,96)(H,81,110)(H,82,117)(H,83,112)(H,84,97)(H,85,98)(H,86,108)(H,87,109)(H,88,113)(H,89,111)(H,90,114)(H,91,116)(H,92,115)(H,99,100)(H,101,102)(H,103,104)(H,105,106)(H,118,119)/t36-,37+,38-,44+,46+,47+,48+,49+,50+,51+,52+,62+,63+/m1/s1/i/hD3. The SMILES string of the molecule is [2H]N(CC(=O)N[C@@H](CO)C(=O)N[C@H](C(=O)c1cccc(C(=O)C[C@H](N)C(=O)O)c1N)[C@H](C)CC(=O)O)C(=O)[C@H](CC(=O)O)NC(=O)[C@H](C)NC(=O)[C@H](CC(=O)O)N([2H])C(=O)[C@H](CCCN)NC(=O)CNC(=O)[C@@H](NC(=O)[C@H](CC(=O)O)NC(=O)[C@H](CC(N)=O)NC(=O)[C@H](Cc1c[nH]c2ccccc12)N([2H])C(=O)C1CCCCCCCCCCC1)[C@@H](C)O. The third kappa shape index (κ3) is 33.5. The van der Waals surface area contributed by atoms with Crippen LogP contribution in [0, 0.1) is 11.8 Å². The average Bonchev–Trinajstić information content (AvgIpc) is 1.12. The van der Waals surface area contributed by atoms with E-state index in [1.165, 1.54) is 6.92 Å². The Morgan fingerprint density at radius 2 is 1.01 bits per heavy atom. The fourth-order valence-electron chi connectivity index (χ4n) is 12.5. The highest BCUT2D eigenvalue weighted by atomic mass is 16.4. The molecule has 1 aliphatic rings. The summed E-state index contributed by atoms with van der Waals surface area (Å²) in [5.74, 6) is -30.1. The van der Waals surface area contributed by atoms with Crippen molar-refractivity contribution in [3.05, 3.63) is 65.4 Å². The normalized spacial score (nSPS) is 16.2. The molecule has 4 rings (SSSR count). The molecule has 44 nitrogen and oxygen atoms in total. The van der Waals surface area contributed by atoms with E-state index in [0.717, 1.165) is 77.0 Å². The van der Waals surface area contributed by atoms with E-state index < -0.39 is 278 Å². The number of H-pyrrole nitrogens is 1. The van der Waals surface area contributed by atoms with E-state index in [0.29, 0.717) is 47.5 Å². The monoisotopic (exact) mass is 1680 g/mol. The Hall–Kier alpha value is -12.6. The Morgan fingerprint density at radius 1 is 0.513 bits per heavy atom. The van der Waals surface area contributed by atoms with Crippen molar-refractivity contribution >= 4 is 135 Å². The molecule has 0 unspecified atom stereocenters. The van der Waals surface area contributed by atoms with Crippen LogP contribution in [0.4, 0.5) is 5.69 Å². The number of ketones is 2. The minimum Gasteiger partial charge on any atom is -0.481 e. The number of hydrogen-bond acceptors (Lipinski definition) is 25. The number of rotatable bonds is 48. The molecule has 1 heterocycles. The van der Waals surface area contributed by atoms with Gasteiger partial charge in [-0.05, 0) is 75.8 Å². The highest BCUT2D eigenvalue weighted by Gasteiger charge is 2.39. The van der Waals surface area contributed by atoms with Gasteiger partial charge in [0.25, 0.3) is 0 Å². The quantitative estimate of drug-likeness (QED) is 0.0185. The largest absolute Gasteiger partial charge is 0.481 e. The number of nitrogen functional groups attached to an aromatic ring is 1. The molecule has 1 aromatic heterocycles. The summed E-state index contributed by atoms with van der Waals surface area (Å²) in [5, 5.41) is 88.6. The predicted octanol–water partition coefficient (Wildman–Crippen LogP) is -5.30. The first-order chi connectivity index (χ1) is 57.4. The number of aliphatic hydroxyl groups is 2. The summed E-state index contributed by atoms with van der Waals surface area (Å²) in [4.78, 5) is 268. The fraction of sp³-hybridized carbons (Fsp3) is 0.547. The van der Waals surface area contributed by atoms with Crippen molar-refractivity contribution in [1.29, 1.82) is 0 Å². The lowest BCUT2D eigenvalue weighted by atomic mass is 9.88. The maximum Gasteiger partial charge on any atom is 0.320 e. The number of aliphatic hydroxyl groups excluding tert-OH is 2. The van der Waals surface area contributed by atoms with E-state index in [-0.39, 0.29) is 35.6 Å². The first-order valence-corrected chi connectivity index (χ1v) is 38.2. The molecular weight excluding hydrogens is 1570 g/mol. The van der Waals surface area contributed by atoms with E-state index in [2.05, 4.69) is 31.6 Å². The van der Waals surface area contributed by atoms with Crippen LogP contribution in [0.2, 0.25) is 4.24 Å². The van der Waals surface area contributed by atoms with Gasteiger partial charge in [-0.25, -0.2) is 0 Å². The minimum absolute atomic E-state index is 0.142. The van der Waals surface area contributed by atoms with Gasteiger partial charge in [0.2, 0.25) is 76.8 Å². The molecule has 2 aromatic carbocycles. The second-order valence-corrected chi connectivity index (χ2v) is 28.6. The summed E-state index contributed by atoms with van der Waals surface area (Å²) in [7, 11) is 0. The molecule has 119 heavy (non-hydrogen) atoms. The maximum atomic E-state index is 14.6. The number of para-hydroxylation sites is 2. The third-order valence-corrected chi connectivity index (χ3v) is 18.9. The minimum atomic E-state index is -2.41. The molecule has 13 amide bonds. The van der Waals surface area contributed by atoms with Crippen LogP contribution in [0.5, 0.6) is 0 Å². The summed E-state index contributed by atoms with van der Waals surface area (Å²) < 4.78 is 26.2. The van der Waals surface area contributed by atoms with E-state index in [1.807, 2.05) is 21.3 Å². The van der Waals surface area contributed by atoms with E-state index >= 15 is 0 Å². The van der Waals surface area contributed by atoms with E-state index in [4.69, 9.17) is 25.8 Å². The van der Waals surface area contributed by atoms with Gasteiger partial charge in [0.05, 0.1) is 69.6 Å². The second kappa shape index (κ2) is 49.5. The predicted molar refractivity (Wildman–Crippen MR) is 416 cm³/mol. The topological polar surface area (TPSA) is 747 Å². The Morgan fingerprint density at radius 3 is 1.57 bits per heavy atom. The zero-order chi connectivity index (χ0) is 91.5. The number of carbonyl (C=O) groups is 20. The lowest BCUT2D eigenvalue weighted by Crippen LogP contribution is -2.61. The molecular formula is C75H107N17O27. The number of primary amides is 1. The molecule has 0 aliphatic heterocycles. The van der Waals surface area contributed by atoms with E-state index in [1.54, 1.807) is 30.5 Å². The molecule has 0 spiro atoms. The van der Waals surface area contributed by atoms with Gasteiger partial charge in [-0.15, -0.1) is 0 Å². The molecule has 44 heteroatoms. The van der Waals surface area contributed by atoms with Crippen LogP contribution in [-0.4, -0.2) is 258 Å². The first kappa shape index (κ1) is 93.6. The molecule has 28 N–H and O–H groups in total. The number of aromatic nitrogens is 1. The van der Waals surface area contributed by atoms with Crippen molar-refractivity contribution in [3.63, 3.8) is 0 Å². The average molecular weight is 1680 g/mol. The molecule has 3 aromatic rings. The number of Topliss-reactive ketones (excluding diaryl/α,β-unsaturated/α-hetero) is 2. The van der Waals surface area contributed by atoms with Crippen molar-refractivity contribution < 1.29 is 136 Å². The molecule has 0 saturated heterocycles. The van der Waals surface area contributed by atoms with Crippen molar-refractivity contribution in [1.82, 2.24) is 68.8 Å². The lowest BCUT2D eigenvalue weighted by Gasteiger charge is -2.27. The van der Waals surface area contributed by atoms with Gasteiger partial charge in [-0.2, -0.15) is 0 Å². The number of anilines is 1. The van der Waals surface area contributed by atoms with Crippen molar-refractivity contribution in [3.8, 4) is 0 Å². The molecule has 1 aliphatic carbocycles. The lowest BCUT2D eigenvalue weighted by molar-refractivity contribution is -0.142. The van der Waals surface area contributed by atoms with Crippen molar-refractivity contribution in [2.75, 3.05) is 32.0 Å². The molecule has 1 saturated carbocycles. The summed E-state index contributed by atoms with van der Waals surface area (Å²) in [6, 6.07) is -11.8. The number of aliphatic carboxylic acids is 5. The number of carboxylic acids is 5. The van der Waals surface area contributed by atoms with Gasteiger partial charge in [0.1, 0.15) is 60.4 Å². The summed E-state index contributed by atoms with van der Waals surface area (Å²) in [6.45, 7) is -1.02. The number of hydrogen-bond donors (Lipinski definition) is 24. The van der Waals surface area contributed by atoms with Crippen LogP contribution in [-0.2, 0) is 92.7 Å². The molecule has 0 bridgehead atoms. The summed E-state index contributed by atoms with van der Waals surface area (Å²) >= 11 is 0. The summed E-state index contributed by atoms with van der Waals surface area (Å²) in [6.07, 6.45) is 1.18. The molecule has 13 atom stereocenters. The number of aromatic amines is 1. The van der Waals surface area contributed by atoms with Gasteiger partial charge < -0.3 is 127 Å². The van der Waals surface area contributed by atoms with Crippen LogP contribution < -0.4 is 86.7 Å². The number of nitrogens with two attached hydrogens (primary N) is 4. The highest BCUT2D eigenvalue weighted by molar-refractivity contribution is 6.12. The van der Waals surface area contributed by atoms with Crippen LogP contribution >= 0.6 is 0 Å². The Balaban J connectivity index is 1.45. The van der Waals surface area contributed by atoms with Crippen LogP contribution in [0.1, 0.15) is 169 Å². The number of fused-ring (bicyclic) bond motifs is 1. The Kier molecular flexibility index (Phi) is 38.9. The highest BCUT2D eigenvalue weighted by Crippen LogP contribution is 2.26. The maximum absolute atomic E-state index is 14.6. The van der Waals surface area contributed by atoms with Gasteiger partial charge in [-0.1, -0.05) is 89.0 Å². The van der Waals surface area contributed by atoms with E-state index in [9.17, 15) is 133 Å².